The molecule has 0 radical (unpaired) electrons. The lowest BCUT2D eigenvalue weighted by Gasteiger charge is -2.20. The van der Waals surface area contributed by atoms with Gasteiger partial charge in [0.2, 0.25) is 0 Å². The zero-order valence-electron chi connectivity index (χ0n) is 31.5. The average Bonchev–Trinajstić information content (AvgIpc) is 3.42. The predicted molar refractivity (Wildman–Crippen MR) is 215 cm³/mol. The molecule has 1 N–H and O–H groups in total. The van der Waals surface area contributed by atoms with Gasteiger partial charge in [-0.05, 0) is 157 Å². The molecule has 3 rings (SSSR count). The highest BCUT2D eigenvalue weighted by Gasteiger charge is 2.16. The highest BCUT2D eigenvalue weighted by Crippen LogP contribution is 2.37. The zero-order valence-corrected chi connectivity index (χ0v) is 32.3. The molecule has 0 saturated carbocycles. The molecule has 258 valence electrons. The van der Waals surface area contributed by atoms with E-state index in [0.29, 0.717) is 0 Å². The summed E-state index contributed by atoms with van der Waals surface area (Å²) in [5, 5.41) is 9.41. The first-order valence-electron chi connectivity index (χ1n) is 17.9. The van der Waals surface area contributed by atoms with Gasteiger partial charge in [0, 0.05) is 35.6 Å². The Kier molecular flexibility index (Phi) is 15.3. The van der Waals surface area contributed by atoms with Crippen LogP contribution in [0.2, 0.25) is 5.02 Å². The molecule has 0 unspecified atom stereocenters. The fourth-order valence-electron chi connectivity index (χ4n) is 6.64. The molecule has 1 aromatic heterocycles. The van der Waals surface area contributed by atoms with Crippen LogP contribution in [-0.2, 0) is 26.3 Å². The molecule has 48 heavy (non-hydrogen) atoms. The van der Waals surface area contributed by atoms with Gasteiger partial charge in [0.05, 0.1) is 5.69 Å². The monoisotopic (exact) mass is 665 g/mol. The Hall–Kier alpha value is -3.56. The second kappa shape index (κ2) is 18.8. The Balaban J connectivity index is 1.80. The molecule has 0 atom stereocenters. The van der Waals surface area contributed by atoms with Gasteiger partial charge < -0.3 is 5.32 Å². The lowest BCUT2D eigenvalue weighted by atomic mass is 9.87. The van der Waals surface area contributed by atoms with Crippen molar-refractivity contribution in [2.24, 2.45) is 7.05 Å². The van der Waals surface area contributed by atoms with E-state index in [-0.39, 0.29) is 0 Å². The number of allylic oxidation sites excluding steroid dienone is 7. The summed E-state index contributed by atoms with van der Waals surface area (Å²) in [5.41, 5.74) is 17.6. The number of nitrogens with one attached hydrogen (secondary N) is 1. The molecule has 3 aromatic rings. The molecule has 0 bridgehead atoms. The second-order valence-electron chi connectivity index (χ2n) is 13.4. The molecule has 2 aromatic carbocycles. The van der Waals surface area contributed by atoms with Crippen molar-refractivity contribution in [3.8, 4) is 0 Å². The highest BCUT2D eigenvalue weighted by molar-refractivity contribution is 6.32. The van der Waals surface area contributed by atoms with Gasteiger partial charge in [-0.3, -0.25) is 4.68 Å². The maximum Gasteiger partial charge on any atom is 0.0627 e. The first kappa shape index (κ1) is 38.9. The molecule has 0 aliphatic carbocycles. The largest absolute Gasteiger partial charge is 0.385 e. The predicted octanol–water partition coefficient (Wildman–Crippen LogP) is 13.0. The molecule has 4 heteroatoms. The maximum absolute atomic E-state index is 6.84. The van der Waals surface area contributed by atoms with E-state index in [2.05, 4.69) is 134 Å². The summed E-state index contributed by atoms with van der Waals surface area (Å²) in [6.07, 6.45) is 17.2. The number of rotatable bonds is 17. The number of hydrogen-bond acceptors (Lipinski definition) is 2. The van der Waals surface area contributed by atoms with Gasteiger partial charge >= 0.3 is 0 Å². The molecular weight excluding hydrogens is 606 g/mol. The van der Waals surface area contributed by atoms with E-state index in [4.69, 9.17) is 16.7 Å². The molecule has 0 aliphatic heterocycles. The Morgan fingerprint density at radius 3 is 2.38 bits per heavy atom. The fourth-order valence-corrected chi connectivity index (χ4v) is 6.98. The van der Waals surface area contributed by atoms with E-state index < -0.39 is 0 Å². The topological polar surface area (TPSA) is 29.9 Å². The molecule has 0 fully saturated rings. The molecule has 0 aliphatic rings. The number of nitrogens with zero attached hydrogens (tertiary/aromatic N) is 2. The van der Waals surface area contributed by atoms with Crippen LogP contribution in [0.25, 0.3) is 23.3 Å². The van der Waals surface area contributed by atoms with Crippen molar-refractivity contribution in [1.29, 1.82) is 0 Å². The molecule has 0 spiro atoms. The van der Waals surface area contributed by atoms with Crippen molar-refractivity contribution >= 4 is 40.6 Å². The third-order valence-electron chi connectivity index (χ3n) is 9.78. The normalized spacial score (nSPS) is 12.4. The van der Waals surface area contributed by atoms with Crippen LogP contribution in [0.3, 0.4) is 0 Å². The third kappa shape index (κ3) is 9.98. The first-order chi connectivity index (χ1) is 23.0. The molecular formula is C44H60ClN3. The van der Waals surface area contributed by atoms with Crippen molar-refractivity contribution in [3.63, 3.8) is 0 Å². The van der Waals surface area contributed by atoms with Crippen molar-refractivity contribution in [3.05, 3.63) is 116 Å². The first-order valence-corrected chi connectivity index (χ1v) is 18.3. The number of unbranched alkanes of at least 4 members (excludes halogenated alkanes) is 2. The lowest BCUT2D eigenvalue weighted by Crippen LogP contribution is -2.07. The number of hydrogen-bond donors (Lipinski definition) is 1. The van der Waals surface area contributed by atoms with Crippen LogP contribution in [-0.4, -0.2) is 16.3 Å². The molecule has 1 heterocycles. The van der Waals surface area contributed by atoms with Crippen LogP contribution >= 0.6 is 11.6 Å². The third-order valence-corrected chi connectivity index (χ3v) is 10.1. The van der Waals surface area contributed by atoms with Gasteiger partial charge in [0.25, 0.3) is 0 Å². The van der Waals surface area contributed by atoms with Crippen molar-refractivity contribution < 1.29 is 0 Å². The standard InChI is InChI=1S/C44H60ClN3/c1-12-16-17-20-37-29-38(48(11)47-37)23-22-35-27-36(19-13-2)39(15-4)43(28-35)46-26-18-21-40(30(5)6)41-24-25-42(45)44(34(41)10)33(9)32(8)31(7)14-3/h13-15,19,24-25,27-29,46H,4,12,16-18,20-23,26H2,1-3,5-11H3/b19-13-,31-14-,33-32+. The van der Waals surface area contributed by atoms with Crippen LogP contribution in [0, 0.1) is 6.92 Å². The molecule has 3 nitrogen and oxygen atoms in total. The van der Waals surface area contributed by atoms with Gasteiger partial charge in [0.15, 0.2) is 0 Å². The lowest BCUT2D eigenvalue weighted by molar-refractivity contribution is 0.666. The fraction of sp³-hybridized carbons (Fsp3) is 0.432. The quantitative estimate of drug-likeness (QED) is 0.115. The Morgan fingerprint density at radius 2 is 1.73 bits per heavy atom. The number of aryl methyl sites for hydroxylation is 4. The van der Waals surface area contributed by atoms with Crippen molar-refractivity contribution in [2.45, 2.75) is 114 Å². The van der Waals surface area contributed by atoms with Crippen molar-refractivity contribution in [1.82, 2.24) is 9.78 Å². The summed E-state index contributed by atoms with van der Waals surface area (Å²) < 4.78 is 2.07. The number of aromatic nitrogens is 2. The van der Waals surface area contributed by atoms with E-state index in [0.717, 1.165) is 60.5 Å². The van der Waals surface area contributed by atoms with Crippen LogP contribution < -0.4 is 5.32 Å². The molecule has 0 amide bonds. The Bertz CT molecular complexity index is 1690. The maximum atomic E-state index is 6.84. The van der Waals surface area contributed by atoms with Crippen LogP contribution in [0.5, 0.6) is 0 Å². The van der Waals surface area contributed by atoms with Gasteiger partial charge in [-0.1, -0.05) is 85.5 Å². The van der Waals surface area contributed by atoms with Gasteiger partial charge in [0.1, 0.15) is 0 Å². The SMILES string of the molecule is C=Cc1c(/C=C\C)cc(CCc2cc(CCCCC)nn2C)cc1NCCCC(=C(C)C)c1ccc(Cl)c(/C(C)=C(C)/C(C)=C\C)c1C. The number of benzene rings is 2. The minimum Gasteiger partial charge on any atom is -0.385 e. The van der Waals surface area contributed by atoms with Crippen LogP contribution in [0.4, 0.5) is 5.69 Å². The van der Waals surface area contributed by atoms with E-state index in [1.165, 1.54) is 80.8 Å². The summed E-state index contributed by atoms with van der Waals surface area (Å²) in [4.78, 5) is 0. The minimum atomic E-state index is 0.816. The smallest absolute Gasteiger partial charge is 0.0627 e. The van der Waals surface area contributed by atoms with Crippen molar-refractivity contribution in [2.75, 3.05) is 11.9 Å². The van der Waals surface area contributed by atoms with Gasteiger partial charge in [-0.2, -0.15) is 5.10 Å². The summed E-state index contributed by atoms with van der Waals surface area (Å²) in [7, 11) is 2.08. The Morgan fingerprint density at radius 1 is 0.979 bits per heavy atom. The van der Waals surface area contributed by atoms with E-state index >= 15 is 0 Å². The summed E-state index contributed by atoms with van der Waals surface area (Å²) >= 11 is 6.84. The van der Waals surface area contributed by atoms with Crippen LogP contribution in [0.1, 0.15) is 132 Å². The van der Waals surface area contributed by atoms with E-state index in [1.807, 2.05) is 6.08 Å². The van der Waals surface area contributed by atoms with Gasteiger partial charge in [-0.15, -0.1) is 0 Å². The summed E-state index contributed by atoms with van der Waals surface area (Å²) in [6.45, 7) is 24.7. The summed E-state index contributed by atoms with van der Waals surface area (Å²) in [5.74, 6) is 0. The van der Waals surface area contributed by atoms with Gasteiger partial charge in [-0.25, -0.2) is 0 Å². The number of halogens is 1. The van der Waals surface area contributed by atoms with E-state index in [1.54, 1.807) is 0 Å². The second-order valence-corrected chi connectivity index (χ2v) is 13.8. The van der Waals surface area contributed by atoms with E-state index in [9.17, 15) is 0 Å². The Labute approximate surface area is 297 Å². The minimum absolute atomic E-state index is 0.816. The average molecular weight is 666 g/mol. The zero-order chi connectivity index (χ0) is 35.4. The highest BCUT2D eigenvalue weighted by atomic mass is 35.5. The molecule has 0 saturated heterocycles. The summed E-state index contributed by atoms with van der Waals surface area (Å²) in [6, 6.07) is 11.2. The van der Waals surface area contributed by atoms with Crippen LogP contribution in [0.15, 0.2) is 65.8 Å². The number of anilines is 1.